The first kappa shape index (κ1) is 14.5. The van der Waals surface area contributed by atoms with Gasteiger partial charge in [-0.15, -0.1) is 11.6 Å². The zero-order chi connectivity index (χ0) is 15.0. The lowest BCUT2D eigenvalue weighted by Crippen LogP contribution is -2.10. The van der Waals surface area contributed by atoms with Crippen LogP contribution in [0.3, 0.4) is 0 Å². The van der Waals surface area contributed by atoms with Crippen molar-refractivity contribution in [3.8, 4) is 0 Å². The summed E-state index contributed by atoms with van der Waals surface area (Å²) in [5, 5.41) is 0. The van der Waals surface area contributed by atoms with Gasteiger partial charge in [0.25, 0.3) is 0 Å². The summed E-state index contributed by atoms with van der Waals surface area (Å²) >= 11 is 9.24. The number of fused-ring (bicyclic) bond motifs is 1. The monoisotopic (exact) mass is 367 g/mol. The van der Waals surface area contributed by atoms with E-state index in [0.29, 0.717) is 15.8 Å². The molecule has 0 aliphatic rings. The highest BCUT2D eigenvalue weighted by Gasteiger charge is 2.18. The average molecular weight is 369 g/mol. The maximum Gasteiger partial charge on any atom is 0.139 e. The number of aromatic nitrogens is 3. The van der Waals surface area contributed by atoms with Crippen LogP contribution in [0.1, 0.15) is 24.4 Å². The fourth-order valence-electron chi connectivity index (χ4n) is 2.44. The largest absolute Gasteiger partial charge is 0.320 e. The molecule has 3 nitrogen and oxygen atoms in total. The second-order valence-corrected chi connectivity index (χ2v) is 5.87. The second kappa shape index (κ2) is 5.73. The van der Waals surface area contributed by atoms with Gasteiger partial charge in [0.05, 0.1) is 27.4 Å². The van der Waals surface area contributed by atoms with Crippen molar-refractivity contribution in [2.75, 3.05) is 0 Å². The Hall–Kier alpha value is -1.46. The van der Waals surface area contributed by atoms with E-state index in [1.807, 2.05) is 29.8 Å². The predicted molar refractivity (Wildman–Crippen MR) is 85.0 cm³/mol. The summed E-state index contributed by atoms with van der Waals surface area (Å²) in [6.45, 7) is 2.05. The van der Waals surface area contributed by atoms with E-state index in [1.54, 1.807) is 12.3 Å². The van der Waals surface area contributed by atoms with E-state index >= 15 is 0 Å². The van der Waals surface area contributed by atoms with Crippen LogP contribution >= 0.6 is 27.5 Å². The van der Waals surface area contributed by atoms with Gasteiger partial charge in [-0.2, -0.15) is 0 Å². The number of rotatable bonds is 3. The minimum atomic E-state index is -0.331. The van der Waals surface area contributed by atoms with E-state index in [1.165, 1.54) is 6.07 Å². The van der Waals surface area contributed by atoms with Crippen molar-refractivity contribution in [3.05, 3.63) is 58.3 Å². The van der Waals surface area contributed by atoms with Gasteiger partial charge in [-0.05, 0) is 40.5 Å². The van der Waals surface area contributed by atoms with Gasteiger partial charge in [0.15, 0.2) is 0 Å². The molecule has 1 atom stereocenters. The van der Waals surface area contributed by atoms with E-state index in [4.69, 9.17) is 11.6 Å². The summed E-state index contributed by atoms with van der Waals surface area (Å²) < 4.78 is 16.1. The average Bonchev–Trinajstić information content (AvgIpc) is 2.85. The molecule has 2 aromatic heterocycles. The quantitative estimate of drug-likeness (QED) is 0.628. The molecule has 2 heterocycles. The second-order valence-electron chi connectivity index (χ2n) is 4.75. The third-order valence-electron chi connectivity index (χ3n) is 3.48. The van der Waals surface area contributed by atoms with E-state index < -0.39 is 0 Å². The molecule has 0 N–H and O–H groups in total. The minimum absolute atomic E-state index is 0.00908. The number of imidazole rings is 1. The third-order valence-corrected chi connectivity index (χ3v) is 4.32. The van der Waals surface area contributed by atoms with Crippen molar-refractivity contribution in [2.45, 2.75) is 18.8 Å². The highest BCUT2D eigenvalue weighted by atomic mass is 79.9. The summed E-state index contributed by atoms with van der Waals surface area (Å²) in [5.41, 5.74) is 2.49. The number of nitrogens with zero attached hydrogens (tertiary/aromatic N) is 3. The highest BCUT2D eigenvalue weighted by molar-refractivity contribution is 9.10. The van der Waals surface area contributed by atoms with Crippen LogP contribution in [0.4, 0.5) is 4.39 Å². The molecule has 6 heteroatoms. The fourth-order valence-corrected chi connectivity index (χ4v) is 2.96. The van der Waals surface area contributed by atoms with Crippen LogP contribution in [0.15, 0.2) is 41.1 Å². The number of hydrogen-bond donors (Lipinski definition) is 0. The van der Waals surface area contributed by atoms with E-state index in [2.05, 4.69) is 25.9 Å². The smallest absolute Gasteiger partial charge is 0.139 e. The van der Waals surface area contributed by atoms with Crippen LogP contribution in [0.2, 0.25) is 0 Å². The van der Waals surface area contributed by atoms with E-state index in [0.717, 1.165) is 11.1 Å². The molecule has 0 spiro atoms. The molecule has 0 saturated carbocycles. The molecule has 3 aromatic rings. The Kier molecular flexibility index (Phi) is 3.95. The predicted octanol–water partition coefficient (Wildman–Crippen LogP) is 4.68. The number of hydrogen-bond acceptors (Lipinski definition) is 2. The summed E-state index contributed by atoms with van der Waals surface area (Å²) in [4.78, 5) is 8.58. The molecular formula is C15H12BrClFN3. The molecule has 3 rings (SSSR count). The van der Waals surface area contributed by atoms with Gasteiger partial charge in [-0.25, -0.2) is 9.37 Å². The topological polar surface area (TPSA) is 30.7 Å². The van der Waals surface area contributed by atoms with Crippen LogP contribution < -0.4 is 0 Å². The lowest BCUT2D eigenvalue weighted by atomic mass is 10.1. The van der Waals surface area contributed by atoms with Gasteiger partial charge < -0.3 is 4.57 Å². The van der Waals surface area contributed by atoms with Gasteiger partial charge in [0.1, 0.15) is 11.6 Å². The summed E-state index contributed by atoms with van der Waals surface area (Å²) in [5.74, 6) is 0.640. The SMILES string of the molecule is CC(c1cccnc1)n1c(CCl)nc2cc(F)c(Br)cc21. The Morgan fingerprint density at radius 1 is 1.43 bits per heavy atom. The van der Waals surface area contributed by atoms with Gasteiger partial charge in [-0.1, -0.05) is 6.07 Å². The van der Waals surface area contributed by atoms with Crippen molar-refractivity contribution in [1.82, 2.24) is 14.5 Å². The number of halogens is 3. The van der Waals surface area contributed by atoms with E-state index in [9.17, 15) is 4.39 Å². The number of pyridine rings is 1. The standard InChI is InChI=1S/C15H12BrClFN3/c1-9(10-3-2-4-19-8-10)21-14-5-11(16)12(18)6-13(14)20-15(21)7-17/h2-6,8-9H,7H2,1H3. The minimum Gasteiger partial charge on any atom is -0.320 e. The van der Waals surface area contributed by atoms with Crippen LogP contribution in [0.5, 0.6) is 0 Å². The highest BCUT2D eigenvalue weighted by Crippen LogP contribution is 2.29. The van der Waals surface area contributed by atoms with Crippen LogP contribution in [0, 0.1) is 5.82 Å². The molecule has 1 aromatic carbocycles. The van der Waals surface area contributed by atoms with E-state index in [-0.39, 0.29) is 17.7 Å². The molecular weight excluding hydrogens is 357 g/mol. The molecule has 0 amide bonds. The Labute approximate surface area is 134 Å². The summed E-state index contributed by atoms with van der Waals surface area (Å²) in [7, 11) is 0. The van der Waals surface area contributed by atoms with Crippen molar-refractivity contribution in [2.24, 2.45) is 0 Å². The number of alkyl halides is 1. The van der Waals surface area contributed by atoms with Crippen LogP contribution in [0.25, 0.3) is 11.0 Å². The molecule has 0 fully saturated rings. The fraction of sp³-hybridized carbons (Fsp3) is 0.200. The lowest BCUT2D eigenvalue weighted by Gasteiger charge is -2.17. The first-order valence-electron chi connectivity index (χ1n) is 6.43. The molecule has 108 valence electrons. The maximum absolute atomic E-state index is 13.7. The summed E-state index contributed by atoms with van der Waals surface area (Å²) in [6, 6.07) is 7.05. The zero-order valence-electron chi connectivity index (χ0n) is 11.2. The lowest BCUT2D eigenvalue weighted by molar-refractivity contribution is 0.620. The Morgan fingerprint density at radius 3 is 2.90 bits per heavy atom. The zero-order valence-corrected chi connectivity index (χ0v) is 13.6. The Morgan fingerprint density at radius 2 is 2.24 bits per heavy atom. The van der Waals surface area contributed by atoms with Gasteiger partial charge in [0.2, 0.25) is 0 Å². The van der Waals surface area contributed by atoms with Gasteiger partial charge in [0, 0.05) is 18.5 Å². The molecule has 0 aliphatic heterocycles. The number of benzene rings is 1. The van der Waals surface area contributed by atoms with Crippen molar-refractivity contribution >= 4 is 38.6 Å². The third kappa shape index (κ3) is 2.56. The van der Waals surface area contributed by atoms with Crippen molar-refractivity contribution in [1.29, 1.82) is 0 Å². The molecule has 0 aliphatic carbocycles. The first-order chi connectivity index (χ1) is 10.1. The van der Waals surface area contributed by atoms with Gasteiger partial charge >= 0.3 is 0 Å². The first-order valence-corrected chi connectivity index (χ1v) is 7.76. The summed E-state index contributed by atoms with van der Waals surface area (Å²) in [6.07, 6.45) is 3.55. The molecule has 0 saturated heterocycles. The molecule has 21 heavy (non-hydrogen) atoms. The molecule has 1 unspecified atom stereocenters. The Bertz CT molecular complexity index is 788. The molecule has 0 radical (unpaired) electrons. The van der Waals surface area contributed by atoms with Crippen molar-refractivity contribution in [3.63, 3.8) is 0 Å². The van der Waals surface area contributed by atoms with Crippen LogP contribution in [-0.4, -0.2) is 14.5 Å². The normalized spacial score (nSPS) is 12.8. The van der Waals surface area contributed by atoms with Crippen molar-refractivity contribution < 1.29 is 4.39 Å². The Balaban J connectivity index is 2.23. The van der Waals surface area contributed by atoms with Crippen LogP contribution in [-0.2, 0) is 5.88 Å². The molecule has 0 bridgehead atoms. The maximum atomic E-state index is 13.7. The van der Waals surface area contributed by atoms with Gasteiger partial charge in [-0.3, -0.25) is 4.98 Å².